The monoisotopic (exact) mass is 353 g/mol. The molecule has 0 bridgehead atoms. The molecular weight excluding hydrogens is 334 g/mol. The number of nitrogens with zero attached hydrogens (tertiary/aromatic N) is 1. The molecule has 0 spiro atoms. The molecule has 2 aromatic carbocycles. The van der Waals surface area contributed by atoms with Crippen LogP contribution in [0.3, 0.4) is 0 Å². The summed E-state index contributed by atoms with van der Waals surface area (Å²) in [5.41, 5.74) is 4.11. The molecule has 0 unspecified atom stereocenters. The third-order valence-electron chi connectivity index (χ3n) is 3.56. The van der Waals surface area contributed by atoms with Crippen LogP contribution in [0.4, 0.5) is 0 Å². The highest BCUT2D eigenvalue weighted by molar-refractivity contribution is 6.35. The number of carbonyl (C=O) groups is 3. The molecule has 0 aliphatic heterocycles. The minimum Gasteiger partial charge on any atom is -0.465 e. The number of benzene rings is 2. The number of esters is 1. The van der Waals surface area contributed by atoms with E-state index < -0.39 is 17.8 Å². The third kappa shape index (κ3) is 5.27. The summed E-state index contributed by atoms with van der Waals surface area (Å²) in [5, 5.41) is 6.33. The largest absolute Gasteiger partial charge is 0.465 e. The van der Waals surface area contributed by atoms with E-state index in [0.29, 0.717) is 11.1 Å². The Hall–Kier alpha value is -3.48. The number of hydrazone groups is 1. The van der Waals surface area contributed by atoms with Gasteiger partial charge in [-0.3, -0.25) is 9.59 Å². The quantitative estimate of drug-likeness (QED) is 0.371. The molecule has 0 saturated carbocycles. The van der Waals surface area contributed by atoms with Crippen LogP contribution in [0.2, 0.25) is 0 Å². The van der Waals surface area contributed by atoms with E-state index in [1.165, 1.54) is 13.3 Å². The van der Waals surface area contributed by atoms with Crippen molar-refractivity contribution in [1.29, 1.82) is 0 Å². The summed E-state index contributed by atoms with van der Waals surface area (Å²) in [5.74, 6) is -2.08. The highest BCUT2D eigenvalue weighted by Gasteiger charge is 2.16. The standard InChI is InChI=1S/C19H19N3O4/c1-13(15-6-4-3-5-7-15)21-17(23)18(24)22-20-12-14-8-10-16(11-9-14)19(25)26-2/h3-13H,1-2H3,(H,21,23)(H,22,24)/b20-12+/t13-/m1/s1. The lowest BCUT2D eigenvalue weighted by atomic mass is 10.1. The molecule has 2 aromatic rings. The van der Waals surface area contributed by atoms with E-state index >= 15 is 0 Å². The number of amides is 2. The van der Waals surface area contributed by atoms with E-state index in [0.717, 1.165) is 5.56 Å². The second-order valence-electron chi connectivity index (χ2n) is 5.42. The molecule has 7 nitrogen and oxygen atoms in total. The van der Waals surface area contributed by atoms with Crippen LogP contribution in [-0.2, 0) is 14.3 Å². The molecule has 0 aromatic heterocycles. The molecule has 0 aliphatic rings. The molecule has 0 fully saturated rings. The van der Waals surface area contributed by atoms with Crippen molar-refractivity contribution in [3.63, 3.8) is 0 Å². The van der Waals surface area contributed by atoms with Crippen LogP contribution in [0, 0.1) is 0 Å². The molecule has 0 aliphatic carbocycles. The van der Waals surface area contributed by atoms with Gasteiger partial charge in [-0.25, -0.2) is 10.2 Å². The Kier molecular flexibility index (Phi) is 6.61. The first kappa shape index (κ1) is 18.9. The predicted octanol–water partition coefficient (Wildman–Crippen LogP) is 1.80. The van der Waals surface area contributed by atoms with Crippen LogP contribution in [0.25, 0.3) is 0 Å². The van der Waals surface area contributed by atoms with Crippen molar-refractivity contribution in [2.45, 2.75) is 13.0 Å². The summed E-state index contributed by atoms with van der Waals surface area (Å²) in [4.78, 5) is 35.0. The zero-order valence-corrected chi connectivity index (χ0v) is 14.4. The molecule has 0 heterocycles. The topological polar surface area (TPSA) is 96.9 Å². The van der Waals surface area contributed by atoms with Gasteiger partial charge in [0.05, 0.1) is 24.9 Å². The molecule has 2 rings (SSSR count). The number of carbonyl (C=O) groups excluding carboxylic acids is 3. The van der Waals surface area contributed by atoms with Gasteiger partial charge >= 0.3 is 17.8 Å². The van der Waals surface area contributed by atoms with Gasteiger partial charge < -0.3 is 10.1 Å². The highest BCUT2D eigenvalue weighted by Crippen LogP contribution is 2.10. The van der Waals surface area contributed by atoms with Gasteiger partial charge in [0, 0.05) is 0 Å². The predicted molar refractivity (Wildman–Crippen MR) is 96.5 cm³/mol. The zero-order valence-electron chi connectivity index (χ0n) is 14.4. The van der Waals surface area contributed by atoms with Gasteiger partial charge in [-0.05, 0) is 30.2 Å². The van der Waals surface area contributed by atoms with Crippen molar-refractivity contribution in [3.8, 4) is 0 Å². The molecule has 2 amide bonds. The number of nitrogens with one attached hydrogen (secondary N) is 2. The zero-order chi connectivity index (χ0) is 18.9. The highest BCUT2D eigenvalue weighted by atomic mass is 16.5. The summed E-state index contributed by atoms with van der Waals surface area (Å²) in [6, 6.07) is 15.4. The van der Waals surface area contributed by atoms with Crippen LogP contribution in [-0.4, -0.2) is 31.1 Å². The number of hydrogen-bond acceptors (Lipinski definition) is 5. The smallest absolute Gasteiger partial charge is 0.337 e. The Morgan fingerprint density at radius 1 is 1.00 bits per heavy atom. The van der Waals surface area contributed by atoms with Crippen LogP contribution in [0.1, 0.15) is 34.5 Å². The van der Waals surface area contributed by atoms with Gasteiger partial charge in [0.15, 0.2) is 0 Å². The minimum atomic E-state index is -0.866. The van der Waals surface area contributed by atoms with E-state index in [1.807, 2.05) is 30.3 Å². The summed E-state index contributed by atoms with van der Waals surface area (Å²) >= 11 is 0. The fourth-order valence-electron chi connectivity index (χ4n) is 2.13. The van der Waals surface area contributed by atoms with E-state index in [9.17, 15) is 14.4 Å². The van der Waals surface area contributed by atoms with Crippen molar-refractivity contribution < 1.29 is 19.1 Å². The molecule has 0 saturated heterocycles. The first-order valence-electron chi connectivity index (χ1n) is 7.88. The summed E-state index contributed by atoms with van der Waals surface area (Å²) < 4.78 is 4.60. The second kappa shape index (κ2) is 9.12. The summed E-state index contributed by atoms with van der Waals surface area (Å²) in [7, 11) is 1.30. The fraction of sp³-hybridized carbons (Fsp3) is 0.158. The van der Waals surface area contributed by atoms with Crippen LogP contribution < -0.4 is 10.7 Å². The second-order valence-corrected chi connectivity index (χ2v) is 5.42. The van der Waals surface area contributed by atoms with E-state index in [4.69, 9.17) is 0 Å². The fourth-order valence-corrected chi connectivity index (χ4v) is 2.13. The lowest BCUT2D eigenvalue weighted by Crippen LogP contribution is -2.39. The van der Waals surface area contributed by atoms with Gasteiger partial charge in [0.25, 0.3) is 0 Å². The van der Waals surface area contributed by atoms with E-state index in [2.05, 4.69) is 20.6 Å². The maximum atomic E-state index is 11.9. The summed E-state index contributed by atoms with van der Waals surface area (Å²) in [6.45, 7) is 1.78. The van der Waals surface area contributed by atoms with Crippen molar-refractivity contribution in [3.05, 3.63) is 71.3 Å². The lowest BCUT2D eigenvalue weighted by molar-refractivity contribution is -0.139. The van der Waals surface area contributed by atoms with Crippen molar-refractivity contribution in [2.24, 2.45) is 5.10 Å². The number of methoxy groups -OCH3 is 1. The van der Waals surface area contributed by atoms with Gasteiger partial charge in [-0.2, -0.15) is 5.10 Å². The maximum Gasteiger partial charge on any atom is 0.337 e. The number of ether oxygens (including phenoxy) is 1. The summed E-state index contributed by atoms with van der Waals surface area (Å²) in [6.07, 6.45) is 1.37. The Bertz CT molecular complexity index is 801. The first-order chi connectivity index (χ1) is 12.5. The average Bonchev–Trinajstić information content (AvgIpc) is 2.68. The molecular formula is C19H19N3O4. The lowest BCUT2D eigenvalue weighted by Gasteiger charge is -2.13. The molecule has 1 atom stereocenters. The van der Waals surface area contributed by atoms with Crippen molar-refractivity contribution >= 4 is 24.0 Å². The molecule has 26 heavy (non-hydrogen) atoms. The minimum absolute atomic E-state index is 0.302. The van der Waals surface area contributed by atoms with Gasteiger partial charge in [0.1, 0.15) is 0 Å². The van der Waals surface area contributed by atoms with Crippen LogP contribution in [0.5, 0.6) is 0 Å². The molecule has 134 valence electrons. The molecule has 2 N–H and O–H groups in total. The molecule has 7 heteroatoms. The maximum absolute atomic E-state index is 11.9. The Morgan fingerprint density at radius 3 is 2.27 bits per heavy atom. The average molecular weight is 353 g/mol. The normalized spacial score (nSPS) is 11.6. The molecule has 0 radical (unpaired) electrons. The number of rotatable bonds is 5. The Balaban J connectivity index is 1.86. The Morgan fingerprint density at radius 2 is 1.65 bits per heavy atom. The number of hydrogen-bond donors (Lipinski definition) is 2. The van der Waals surface area contributed by atoms with Crippen LogP contribution >= 0.6 is 0 Å². The first-order valence-corrected chi connectivity index (χ1v) is 7.88. The van der Waals surface area contributed by atoms with Crippen molar-refractivity contribution in [2.75, 3.05) is 7.11 Å². The van der Waals surface area contributed by atoms with Gasteiger partial charge in [-0.15, -0.1) is 0 Å². The van der Waals surface area contributed by atoms with E-state index in [1.54, 1.807) is 31.2 Å². The van der Waals surface area contributed by atoms with Gasteiger partial charge in [0.2, 0.25) is 0 Å². The van der Waals surface area contributed by atoms with E-state index in [-0.39, 0.29) is 6.04 Å². The SMILES string of the molecule is COC(=O)c1ccc(/C=N/NC(=O)C(=O)N[C@H](C)c2ccccc2)cc1. The Labute approximate surface area is 151 Å². The van der Waals surface area contributed by atoms with Crippen LogP contribution in [0.15, 0.2) is 59.7 Å². The van der Waals surface area contributed by atoms with Crippen molar-refractivity contribution in [1.82, 2.24) is 10.7 Å². The third-order valence-corrected chi connectivity index (χ3v) is 3.56. The van der Waals surface area contributed by atoms with Gasteiger partial charge in [-0.1, -0.05) is 42.5 Å².